The van der Waals surface area contributed by atoms with Gasteiger partial charge >= 0.3 is 0 Å². The largest absolute Gasteiger partial charge is 0.345 e. The van der Waals surface area contributed by atoms with Gasteiger partial charge in [0.1, 0.15) is 0 Å². The van der Waals surface area contributed by atoms with Crippen molar-refractivity contribution in [3.8, 4) is 0 Å². The van der Waals surface area contributed by atoms with Crippen LogP contribution in [0.25, 0.3) is 0 Å². The van der Waals surface area contributed by atoms with Gasteiger partial charge in [-0.3, -0.25) is 9.59 Å². The molecule has 0 saturated heterocycles. The molecule has 0 aliphatic rings. The molecule has 28 heavy (non-hydrogen) atoms. The molecule has 0 spiro atoms. The van der Waals surface area contributed by atoms with E-state index in [9.17, 15) is 9.59 Å². The van der Waals surface area contributed by atoms with Gasteiger partial charge in [-0.05, 0) is 55.7 Å². The summed E-state index contributed by atoms with van der Waals surface area (Å²) >= 11 is 12.0. The number of rotatable bonds is 7. The number of hydrogen-bond acceptors (Lipinski definition) is 2. The molecule has 2 amide bonds. The molecule has 0 bridgehead atoms. The molecular formula is C21H26Cl2N3O2+. The molecule has 0 fully saturated rings. The highest BCUT2D eigenvalue weighted by atomic mass is 35.5. The number of carbonyl (C=O) groups excluding carboxylic acids is 2. The van der Waals surface area contributed by atoms with Crippen LogP contribution in [0.2, 0.25) is 10.0 Å². The van der Waals surface area contributed by atoms with Crippen LogP contribution in [-0.2, 0) is 9.59 Å². The van der Waals surface area contributed by atoms with E-state index in [0.29, 0.717) is 10.0 Å². The molecule has 7 heteroatoms. The molecule has 2 aromatic rings. The van der Waals surface area contributed by atoms with E-state index < -0.39 is 0 Å². The molecule has 150 valence electrons. The van der Waals surface area contributed by atoms with Crippen molar-refractivity contribution < 1.29 is 14.5 Å². The number of likely N-dealkylation sites (N-methyl/N-ethyl adjacent to an activating group) is 1. The second kappa shape index (κ2) is 9.92. The summed E-state index contributed by atoms with van der Waals surface area (Å²) in [6.07, 6.45) is 0. The Morgan fingerprint density at radius 2 is 1.71 bits per heavy atom. The van der Waals surface area contributed by atoms with Crippen molar-refractivity contribution in [1.29, 1.82) is 0 Å². The van der Waals surface area contributed by atoms with Crippen LogP contribution in [0.4, 0.5) is 5.69 Å². The maximum atomic E-state index is 12.3. The summed E-state index contributed by atoms with van der Waals surface area (Å²) in [4.78, 5) is 25.4. The minimum Gasteiger partial charge on any atom is -0.345 e. The molecular weight excluding hydrogens is 397 g/mol. The Morgan fingerprint density at radius 1 is 1.04 bits per heavy atom. The summed E-state index contributed by atoms with van der Waals surface area (Å²) in [5.41, 5.74) is 3.83. The van der Waals surface area contributed by atoms with Crippen molar-refractivity contribution in [2.45, 2.75) is 26.8 Å². The lowest BCUT2D eigenvalue weighted by Crippen LogP contribution is -3.11. The highest BCUT2D eigenvalue weighted by molar-refractivity contribution is 6.42. The number of hydrogen-bond donors (Lipinski definition) is 3. The zero-order valence-electron chi connectivity index (χ0n) is 16.5. The van der Waals surface area contributed by atoms with Gasteiger partial charge in [0.2, 0.25) is 0 Å². The summed E-state index contributed by atoms with van der Waals surface area (Å²) in [5, 5.41) is 6.76. The number of amides is 2. The fourth-order valence-corrected chi connectivity index (χ4v) is 3.16. The molecule has 0 aliphatic heterocycles. The number of nitrogens with one attached hydrogen (secondary N) is 3. The Hall–Kier alpha value is -2.08. The molecule has 2 aromatic carbocycles. The summed E-state index contributed by atoms with van der Waals surface area (Å²) in [6, 6.07) is 10.8. The SMILES string of the molecule is Cc1cccc(NC(=O)C[NH+](C)CC(=O)N[C@H](C)c2ccc(Cl)c(Cl)c2)c1C. The fraction of sp³-hybridized carbons (Fsp3) is 0.333. The van der Waals surface area contributed by atoms with Gasteiger partial charge in [0.25, 0.3) is 11.8 Å². The maximum absolute atomic E-state index is 12.3. The molecule has 2 atom stereocenters. The minimum absolute atomic E-state index is 0.128. The van der Waals surface area contributed by atoms with E-state index in [-0.39, 0.29) is 30.9 Å². The number of halogens is 2. The lowest BCUT2D eigenvalue weighted by molar-refractivity contribution is -0.862. The first kappa shape index (κ1) is 22.2. The molecule has 5 nitrogen and oxygen atoms in total. The van der Waals surface area contributed by atoms with Gasteiger partial charge < -0.3 is 15.5 Å². The van der Waals surface area contributed by atoms with Crippen molar-refractivity contribution >= 4 is 40.7 Å². The van der Waals surface area contributed by atoms with Crippen LogP contribution in [0.5, 0.6) is 0 Å². The number of quaternary nitrogens is 1. The summed E-state index contributed by atoms with van der Waals surface area (Å²) in [7, 11) is 1.81. The Morgan fingerprint density at radius 3 is 2.39 bits per heavy atom. The number of anilines is 1. The van der Waals surface area contributed by atoms with E-state index in [4.69, 9.17) is 23.2 Å². The molecule has 3 N–H and O–H groups in total. The third kappa shape index (κ3) is 6.23. The van der Waals surface area contributed by atoms with E-state index in [2.05, 4.69) is 10.6 Å². The van der Waals surface area contributed by atoms with Gasteiger partial charge in [-0.25, -0.2) is 0 Å². The average molecular weight is 423 g/mol. The van der Waals surface area contributed by atoms with Gasteiger partial charge in [0.05, 0.1) is 23.1 Å². The Balaban J connectivity index is 1.85. The van der Waals surface area contributed by atoms with Crippen molar-refractivity contribution in [2.75, 3.05) is 25.5 Å². The summed E-state index contributed by atoms with van der Waals surface area (Å²) in [5.74, 6) is -0.271. The van der Waals surface area contributed by atoms with Crippen LogP contribution < -0.4 is 15.5 Å². The van der Waals surface area contributed by atoms with Gasteiger partial charge in [-0.15, -0.1) is 0 Å². The van der Waals surface area contributed by atoms with Gasteiger partial charge in [0.15, 0.2) is 13.1 Å². The molecule has 0 saturated carbocycles. The molecule has 2 rings (SSSR count). The smallest absolute Gasteiger partial charge is 0.279 e. The van der Waals surface area contributed by atoms with Crippen molar-refractivity contribution in [3.63, 3.8) is 0 Å². The Bertz CT molecular complexity index is 871. The minimum atomic E-state index is -0.209. The van der Waals surface area contributed by atoms with Crippen LogP contribution in [0.15, 0.2) is 36.4 Å². The van der Waals surface area contributed by atoms with Crippen molar-refractivity contribution in [3.05, 3.63) is 63.1 Å². The predicted molar refractivity (Wildman–Crippen MR) is 114 cm³/mol. The summed E-state index contributed by atoms with van der Waals surface area (Å²) < 4.78 is 0. The molecule has 0 aliphatic carbocycles. The molecule has 0 aromatic heterocycles. The number of aryl methyl sites for hydroxylation is 1. The quantitative estimate of drug-likeness (QED) is 0.642. The van der Waals surface area contributed by atoms with Gasteiger partial charge in [0, 0.05) is 5.69 Å². The first-order valence-electron chi connectivity index (χ1n) is 9.09. The number of benzene rings is 2. The zero-order valence-corrected chi connectivity index (χ0v) is 18.0. The topological polar surface area (TPSA) is 62.6 Å². The van der Waals surface area contributed by atoms with E-state index in [1.165, 1.54) is 0 Å². The predicted octanol–water partition coefficient (Wildman–Crippen LogP) is 2.94. The molecule has 0 heterocycles. The first-order chi connectivity index (χ1) is 13.2. The second-order valence-electron chi connectivity index (χ2n) is 7.07. The normalized spacial score (nSPS) is 12.9. The standard InChI is InChI=1S/C21H25Cl2N3O2/c1-13-6-5-7-19(14(13)2)25-21(28)12-26(4)11-20(27)24-15(3)16-8-9-17(22)18(23)10-16/h5-10,15H,11-12H2,1-4H3,(H,24,27)(H,25,28)/p+1/t15-/m1/s1. The van der Waals surface area contributed by atoms with Gasteiger partial charge in [-0.1, -0.05) is 41.4 Å². The van der Waals surface area contributed by atoms with Crippen LogP contribution in [0, 0.1) is 13.8 Å². The molecule has 1 unspecified atom stereocenters. The highest BCUT2D eigenvalue weighted by Crippen LogP contribution is 2.25. The lowest BCUT2D eigenvalue weighted by atomic mass is 10.1. The van der Waals surface area contributed by atoms with Crippen molar-refractivity contribution in [2.24, 2.45) is 0 Å². The Kier molecular flexibility index (Phi) is 7.87. The van der Waals surface area contributed by atoms with Crippen LogP contribution in [0.1, 0.15) is 29.7 Å². The monoisotopic (exact) mass is 422 g/mol. The third-order valence-corrected chi connectivity index (χ3v) is 5.36. The van der Waals surface area contributed by atoms with Crippen LogP contribution in [-0.4, -0.2) is 32.0 Å². The van der Waals surface area contributed by atoms with E-state index >= 15 is 0 Å². The average Bonchev–Trinajstić information content (AvgIpc) is 2.60. The zero-order chi connectivity index (χ0) is 20.8. The highest BCUT2D eigenvalue weighted by Gasteiger charge is 2.17. The Labute approximate surface area is 176 Å². The van der Waals surface area contributed by atoms with Crippen LogP contribution >= 0.6 is 23.2 Å². The van der Waals surface area contributed by atoms with Crippen molar-refractivity contribution in [1.82, 2.24) is 5.32 Å². The third-order valence-electron chi connectivity index (χ3n) is 4.62. The summed E-state index contributed by atoms with van der Waals surface area (Å²) in [6.45, 7) is 6.23. The molecule has 0 radical (unpaired) electrons. The van der Waals surface area contributed by atoms with E-state index in [0.717, 1.165) is 27.3 Å². The fourth-order valence-electron chi connectivity index (χ4n) is 2.85. The van der Waals surface area contributed by atoms with E-state index in [1.54, 1.807) is 12.1 Å². The lowest BCUT2D eigenvalue weighted by Gasteiger charge is -2.18. The van der Waals surface area contributed by atoms with Gasteiger partial charge in [-0.2, -0.15) is 0 Å². The number of carbonyl (C=O) groups is 2. The van der Waals surface area contributed by atoms with E-state index in [1.807, 2.05) is 52.1 Å². The maximum Gasteiger partial charge on any atom is 0.279 e. The van der Waals surface area contributed by atoms with Crippen LogP contribution in [0.3, 0.4) is 0 Å². The second-order valence-corrected chi connectivity index (χ2v) is 7.88. The first-order valence-corrected chi connectivity index (χ1v) is 9.84.